The minimum atomic E-state index is 0.316. The van der Waals surface area contributed by atoms with Gasteiger partial charge in [-0.05, 0) is 37.0 Å². The van der Waals surface area contributed by atoms with Crippen molar-refractivity contribution >= 4 is 5.91 Å². The van der Waals surface area contributed by atoms with Gasteiger partial charge in [0.2, 0.25) is 5.91 Å². The van der Waals surface area contributed by atoms with Crippen molar-refractivity contribution in [1.29, 1.82) is 0 Å². The molecule has 2 fully saturated rings. The van der Waals surface area contributed by atoms with Crippen molar-refractivity contribution in [2.75, 3.05) is 6.54 Å². The van der Waals surface area contributed by atoms with Gasteiger partial charge in [0.1, 0.15) is 0 Å². The molecule has 1 amide bonds. The first-order valence-electron chi connectivity index (χ1n) is 5.96. The van der Waals surface area contributed by atoms with Crippen molar-refractivity contribution in [3.05, 3.63) is 0 Å². The lowest BCUT2D eigenvalue weighted by molar-refractivity contribution is -0.124. The van der Waals surface area contributed by atoms with E-state index >= 15 is 0 Å². The summed E-state index contributed by atoms with van der Waals surface area (Å²) in [6.45, 7) is 5.59. The van der Waals surface area contributed by atoms with E-state index in [1.165, 1.54) is 19.3 Å². The topological polar surface area (TPSA) is 29.1 Å². The second-order valence-electron chi connectivity index (χ2n) is 5.21. The maximum Gasteiger partial charge on any atom is 0.223 e. The Morgan fingerprint density at radius 2 is 1.93 bits per heavy atom. The minimum Gasteiger partial charge on any atom is -0.356 e. The Morgan fingerprint density at radius 1 is 1.14 bits per heavy atom. The summed E-state index contributed by atoms with van der Waals surface area (Å²) in [6, 6.07) is 0. The molecule has 0 aromatic heterocycles. The van der Waals surface area contributed by atoms with Crippen LogP contribution in [0.15, 0.2) is 0 Å². The molecule has 14 heavy (non-hydrogen) atoms. The van der Waals surface area contributed by atoms with Gasteiger partial charge in [-0.3, -0.25) is 4.79 Å². The lowest BCUT2D eigenvalue weighted by Gasteiger charge is -2.34. The van der Waals surface area contributed by atoms with E-state index in [4.69, 9.17) is 0 Å². The molecule has 2 aliphatic rings. The largest absolute Gasteiger partial charge is 0.356 e. The molecule has 1 saturated heterocycles. The highest BCUT2D eigenvalue weighted by atomic mass is 16.2. The first kappa shape index (κ1) is 10.0. The van der Waals surface area contributed by atoms with Crippen LogP contribution in [0.25, 0.3) is 0 Å². The average molecular weight is 195 g/mol. The summed E-state index contributed by atoms with van der Waals surface area (Å²) >= 11 is 0. The Labute approximate surface area is 86.5 Å². The standard InChI is InChI=1S/C12H21NO/c1-8-3-4-10(7-9(8)2)11-5-6-13-12(11)14/h8-11H,3-7H2,1-2H3,(H,13,14). The molecule has 2 nitrogen and oxygen atoms in total. The average Bonchev–Trinajstić information content (AvgIpc) is 2.57. The van der Waals surface area contributed by atoms with Crippen molar-refractivity contribution in [3.8, 4) is 0 Å². The smallest absolute Gasteiger partial charge is 0.223 e. The highest BCUT2D eigenvalue weighted by molar-refractivity contribution is 5.80. The lowest BCUT2D eigenvalue weighted by Crippen LogP contribution is -2.30. The van der Waals surface area contributed by atoms with Crippen LogP contribution in [0.3, 0.4) is 0 Å². The van der Waals surface area contributed by atoms with Crippen LogP contribution in [-0.2, 0) is 4.79 Å². The summed E-state index contributed by atoms with van der Waals surface area (Å²) in [7, 11) is 0. The molecule has 1 aliphatic heterocycles. The molecule has 80 valence electrons. The zero-order valence-electron chi connectivity index (χ0n) is 9.25. The van der Waals surface area contributed by atoms with E-state index in [0.29, 0.717) is 17.7 Å². The van der Waals surface area contributed by atoms with Crippen LogP contribution in [0, 0.1) is 23.7 Å². The fourth-order valence-electron chi connectivity index (χ4n) is 3.02. The molecule has 0 radical (unpaired) electrons. The molecule has 4 unspecified atom stereocenters. The van der Waals surface area contributed by atoms with Crippen LogP contribution in [0.5, 0.6) is 0 Å². The number of carbonyl (C=O) groups excluding carboxylic acids is 1. The summed E-state index contributed by atoms with van der Waals surface area (Å²) in [5, 5.41) is 2.95. The highest BCUT2D eigenvalue weighted by Gasteiger charge is 2.35. The van der Waals surface area contributed by atoms with Crippen LogP contribution in [-0.4, -0.2) is 12.5 Å². The highest BCUT2D eigenvalue weighted by Crippen LogP contribution is 2.39. The van der Waals surface area contributed by atoms with Gasteiger partial charge in [0.15, 0.2) is 0 Å². The number of amides is 1. The van der Waals surface area contributed by atoms with Gasteiger partial charge in [-0.15, -0.1) is 0 Å². The van der Waals surface area contributed by atoms with Gasteiger partial charge in [-0.2, -0.15) is 0 Å². The Morgan fingerprint density at radius 3 is 2.50 bits per heavy atom. The molecule has 2 heteroatoms. The molecule has 0 aromatic carbocycles. The molecule has 0 aromatic rings. The predicted octanol–water partition coefficient (Wildman–Crippen LogP) is 2.19. The third kappa shape index (κ3) is 1.79. The predicted molar refractivity (Wildman–Crippen MR) is 56.8 cm³/mol. The Kier molecular flexibility index (Phi) is 2.80. The van der Waals surface area contributed by atoms with Gasteiger partial charge in [-0.25, -0.2) is 0 Å². The van der Waals surface area contributed by atoms with E-state index in [1.807, 2.05) is 0 Å². The number of hydrogen-bond acceptors (Lipinski definition) is 1. The quantitative estimate of drug-likeness (QED) is 0.683. The number of hydrogen-bond donors (Lipinski definition) is 1. The first-order chi connectivity index (χ1) is 6.68. The van der Waals surface area contributed by atoms with Crippen molar-refractivity contribution in [1.82, 2.24) is 5.32 Å². The van der Waals surface area contributed by atoms with Gasteiger partial charge in [-0.1, -0.05) is 20.3 Å². The van der Waals surface area contributed by atoms with Crippen molar-refractivity contribution in [2.24, 2.45) is 23.7 Å². The lowest BCUT2D eigenvalue weighted by atomic mass is 9.71. The van der Waals surface area contributed by atoms with Crippen LogP contribution < -0.4 is 5.32 Å². The summed E-state index contributed by atoms with van der Waals surface area (Å²) in [4.78, 5) is 11.6. The Hall–Kier alpha value is -0.530. The van der Waals surface area contributed by atoms with E-state index in [9.17, 15) is 4.79 Å². The molecule has 0 spiro atoms. The number of nitrogens with one attached hydrogen (secondary N) is 1. The summed E-state index contributed by atoms with van der Waals surface area (Å²) in [6.07, 6.45) is 4.92. The third-order valence-corrected chi connectivity index (χ3v) is 4.30. The number of rotatable bonds is 1. The number of carbonyl (C=O) groups is 1. The summed E-state index contributed by atoms with van der Waals surface area (Å²) in [5.41, 5.74) is 0. The van der Waals surface area contributed by atoms with Gasteiger partial charge >= 0.3 is 0 Å². The SMILES string of the molecule is CC1CCC(C2CCNC2=O)CC1C. The second kappa shape index (κ2) is 3.92. The van der Waals surface area contributed by atoms with Crippen LogP contribution in [0.1, 0.15) is 39.5 Å². The van der Waals surface area contributed by atoms with Crippen molar-refractivity contribution in [2.45, 2.75) is 39.5 Å². The van der Waals surface area contributed by atoms with E-state index in [-0.39, 0.29) is 0 Å². The molecule has 1 aliphatic carbocycles. The molecule has 4 atom stereocenters. The summed E-state index contributed by atoms with van der Waals surface area (Å²) in [5.74, 6) is 2.99. The molecule has 0 bridgehead atoms. The van der Waals surface area contributed by atoms with Gasteiger partial charge in [0, 0.05) is 12.5 Å². The fraction of sp³-hybridized carbons (Fsp3) is 0.917. The van der Waals surface area contributed by atoms with E-state index in [0.717, 1.165) is 24.8 Å². The van der Waals surface area contributed by atoms with Gasteiger partial charge < -0.3 is 5.32 Å². The summed E-state index contributed by atoms with van der Waals surface area (Å²) < 4.78 is 0. The van der Waals surface area contributed by atoms with E-state index in [1.54, 1.807) is 0 Å². The zero-order valence-corrected chi connectivity index (χ0v) is 9.25. The molecule has 2 rings (SSSR count). The molecule has 1 heterocycles. The second-order valence-corrected chi connectivity index (χ2v) is 5.21. The molecule has 1 N–H and O–H groups in total. The van der Waals surface area contributed by atoms with Gasteiger partial charge in [0.05, 0.1) is 0 Å². The maximum absolute atomic E-state index is 11.6. The minimum absolute atomic E-state index is 0.316. The van der Waals surface area contributed by atoms with Gasteiger partial charge in [0.25, 0.3) is 0 Å². The van der Waals surface area contributed by atoms with Crippen molar-refractivity contribution < 1.29 is 4.79 Å². The zero-order chi connectivity index (χ0) is 10.1. The Bertz CT molecular complexity index is 226. The third-order valence-electron chi connectivity index (χ3n) is 4.30. The van der Waals surface area contributed by atoms with E-state index < -0.39 is 0 Å². The molecule has 1 saturated carbocycles. The van der Waals surface area contributed by atoms with Crippen molar-refractivity contribution in [3.63, 3.8) is 0 Å². The van der Waals surface area contributed by atoms with Crippen LogP contribution in [0.2, 0.25) is 0 Å². The maximum atomic E-state index is 11.6. The fourth-order valence-corrected chi connectivity index (χ4v) is 3.02. The van der Waals surface area contributed by atoms with Crippen LogP contribution >= 0.6 is 0 Å². The molecular weight excluding hydrogens is 174 g/mol. The van der Waals surface area contributed by atoms with E-state index in [2.05, 4.69) is 19.2 Å². The normalized spacial score (nSPS) is 43.7. The monoisotopic (exact) mass is 195 g/mol. The Balaban J connectivity index is 1.95. The molecular formula is C12H21NO. The first-order valence-corrected chi connectivity index (χ1v) is 5.96. The van der Waals surface area contributed by atoms with Crippen LogP contribution in [0.4, 0.5) is 0 Å².